The van der Waals surface area contributed by atoms with E-state index in [1.807, 2.05) is 0 Å². The Kier molecular flexibility index (Phi) is 8.09. The molecule has 0 saturated carbocycles. The lowest BCUT2D eigenvalue weighted by atomic mass is 9.98. The summed E-state index contributed by atoms with van der Waals surface area (Å²) < 4.78 is 58.0. The molecule has 0 radical (unpaired) electrons. The fourth-order valence-electron chi connectivity index (χ4n) is 4.30. The second-order valence-corrected chi connectivity index (χ2v) is 14.3. The quantitative estimate of drug-likeness (QED) is 0.163. The Morgan fingerprint density at radius 3 is 1.54 bits per heavy atom. The summed E-state index contributed by atoms with van der Waals surface area (Å²) in [4.78, 5) is 12.8. The minimum absolute atomic E-state index is 0.0438. The van der Waals surface area contributed by atoms with Crippen LogP contribution in [0, 0.1) is 0 Å². The van der Waals surface area contributed by atoms with Gasteiger partial charge in [0.05, 0.1) is 15.5 Å². The normalized spacial score (nSPS) is 11.9. The highest BCUT2D eigenvalue weighted by molar-refractivity contribution is 8.10. The molecule has 0 aliphatic heterocycles. The zero-order valence-electron chi connectivity index (χ0n) is 20.6. The van der Waals surface area contributed by atoms with E-state index in [9.17, 15) is 21.6 Å². The molecule has 0 N–H and O–H groups in total. The zero-order chi connectivity index (χ0) is 29.5. The monoisotopic (exact) mass is 663 g/mol. The minimum Gasteiger partial charge on any atom is -0.289 e. The van der Waals surface area contributed by atoms with Crippen LogP contribution in [-0.2, 0) is 20.0 Å². The van der Waals surface area contributed by atoms with Crippen molar-refractivity contribution in [3.8, 4) is 0 Å². The van der Waals surface area contributed by atoms with Gasteiger partial charge >= 0.3 is 0 Å². The molecule has 5 rings (SSSR count). The van der Waals surface area contributed by atoms with Gasteiger partial charge in [-0.1, -0.05) is 107 Å². The van der Waals surface area contributed by atoms with Crippen molar-refractivity contribution >= 4 is 88.7 Å². The first kappa shape index (κ1) is 29.4. The number of rotatable bonds is 7. The van der Waals surface area contributed by atoms with Crippen molar-refractivity contribution in [2.45, 2.75) is 9.79 Å². The Hall–Kier alpha value is -3.11. The van der Waals surface area contributed by atoms with E-state index < -0.39 is 35.6 Å². The molecule has 6 nitrogen and oxygen atoms in total. The Balaban J connectivity index is 1.93. The van der Waals surface area contributed by atoms with E-state index in [4.69, 9.17) is 46.4 Å². The van der Waals surface area contributed by atoms with Crippen molar-refractivity contribution in [2.24, 2.45) is 0 Å². The van der Waals surface area contributed by atoms with Crippen LogP contribution in [0.25, 0.3) is 10.8 Å². The summed E-state index contributed by atoms with van der Waals surface area (Å²) in [6, 6.07) is 24.5. The van der Waals surface area contributed by atoms with Crippen molar-refractivity contribution in [3.05, 3.63) is 134 Å². The summed E-state index contributed by atoms with van der Waals surface area (Å²) in [6.07, 6.45) is 0. The van der Waals surface area contributed by atoms with Gasteiger partial charge < -0.3 is 0 Å². The standard InChI is InChI=1S/C29H17Cl4NO5S2/c30-20-12-21(31)15-24(14-20)40(36,37)34(41(38,39)25-16-22(32)13-23(33)17-25)28-26-9-5-4-6-18(26)10-11-27(28)29(35)19-7-2-1-3-8-19/h1-17H. The van der Waals surface area contributed by atoms with Gasteiger partial charge in [0, 0.05) is 36.6 Å². The number of ketones is 1. The number of hydrogen-bond acceptors (Lipinski definition) is 5. The average Bonchev–Trinajstić information content (AvgIpc) is 2.92. The fourth-order valence-corrected chi connectivity index (χ4v) is 9.52. The van der Waals surface area contributed by atoms with Gasteiger partial charge in [-0.2, -0.15) is 3.71 Å². The molecular weight excluding hydrogens is 648 g/mol. The molecule has 0 aliphatic carbocycles. The van der Waals surface area contributed by atoms with E-state index in [0.717, 1.165) is 24.3 Å². The molecule has 0 aliphatic rings. The van der Waals surface area contributed by atoms with Crippen molar-refractivity contribution < 1.29 is 21.6 Å². The second-order valence-electron chi connectivity index (χ2n) is 8.80. The van der Waals surface area contributed by atoms with Gasteiger partial charge in [0.15, 0.2) is 5.78 Å². The van der Waals surface area contributed by atoms with Crippen LogP contribution >= 0.6 is 46.4 Å². The van der Waals surface area contributed by atoms with Gasteiger partial charge in [0.2, 0.25) is 0 Å². The third kappa shape index (κ3) is 5.68. The van der Waals surface area contributed by atoms with Crippen molar-refractivity contribution in [1.82, 2.24) is 0 Å². The van der Waals surface area contributed by atoms with Crippen LogP contribution < -0.4 is 3.71 Å². The number of sulfonamides is 2. The maximum atomic E-state index is 14.4. The molecule has 0 fully saturated rings. The Bertz CT molecular complexity index is 1930. The molecule has 0 atom stereocenters. The van der Waals surface area contributed by atoms with Crippen LogP contribution in [0.1, 0.15) is 15.9 Å². The van der Waals surface area contributed by atoms with Gasteiger partial charge in [0.1, 0.15) is 0 Å². The highest BCUT2D eigenvalue weighted by atomic mass is 35.5. The summed E-state index contributed by atoms with van der Waals surface area (Å²) in [7, 11) is -10.0. The molecule has 0 unspecified atom stereocenters. The van der Waals surface area contributed by atoms with Crippen LogP contribution in [0.2, 0.25) is 20.1 Å². The highest BCUT2D eigenvalue weighted by Crippen LogP contribution is 2.41. The number of halogens is 4. The number of hydrogen-bond donors (Lipinski definition) is 0. The summed E-state index contributed by atoms with van der Waals surface area (Å²) in [5.41, 5.74) is -0.345. The van der Waals surface area contributed by atoms with E-state index in [1.165, 1.54) is 24.3 Å². The first-order chi connectivity index (χ1) is 19.4. The van der Waals surface area contributed by atoms with Crippen molar-refractivity contribution in [2.75, 3.05) is 3.71 Å². The summed E-state index contributed by atoms with van der Waals surface area (Å²) in [5, 5.41) is 0.490. The van der Waals surface area contributed by atoms with Crippen LogP contribution in [0.3, 0.4) is 0 Å². The molecule has 41 heavy (non-hydrogen) atoms. The van der Waals surface area contributed by atoms with Gasteiger partial charge in [-0.15, -0.1) is 0 Å². The second kappa shape index (κ2) is 11.3. The first-order valence-electron chi connectivity index (χ1n) is 11.7. The Morgan fingerprint density at radius 2 is 1.02 bits per heavy atom. The van der Waals surface area contributed by atoms with Crippen LogP contribution in [0.15, 0.2) is 113 Å². The topological polar surface area (TPSA) is 88.6 Å². The van der Waals surface area contributed by atoms with Crippen molar-refractivity contribution in [1.29, 1.82) is 0 Å². The molecule has 0 amide bonds. The van der Waals surface area contributed by atoms with Crippen LogP contribution in [0.5, 0.6) is 0 Å². The number of nitrogens with zero attached hydrogens (tertiary/aromatic N) is 1. The van der Waals surface area contributed by atoms with E-state index in [1.54, 1.807) is 54.6 Å². The van der Waals surface area contributed by atoms with Crippen LogP contribution in [0.4, 0.5) is 5.69 Å². The Morgan fingerprint density at radius 1 is 0.561 bits per heavy atom. The number of fused-ring (bicyclic) bond motifs is 1. The van der Waals surface area contributed by atoms with Gasteiger partial charge in [-0.05, 0) is 47.9 Å². The number of carbonyl (C=O) groups excluding carboxylic acids is 1. The molecule has 0 aromatic heterocycles. The lowest BCUT2D eigenvalue weighted by Crippen LogP contribution is -2.38. The molecule has 0 saturated heterocycles. The largest absolute Gasteiger partial charge is 0.289 e. The Labute approximate surface area is 256 Å². The van der Waals surface area contributed by atoms with Gasteiger partial charge in [-0.25, -0.2) is 16.8 Å². The maximum Gasteiger partial charge on any atom is 0.277 e. The number of carbonyl (C=O) groups is 1. The third-order valence-electron chi connectivity index (χ3n) is 6.07. The van der Waals surface area contributed by atoms with E-state index in [0.29, 0.717) is 5.39 Å². The summed E-state index contributed by atoms with van der Waals surface area (Å²) >= 11 is 24.5. The highest BCUT2D eigenvalue weighted by Gasteiger charge is 2.41. The average molecular weight is 665 g/mol. The van der Waals surface area contributed by atoms with E-state index in [-0.39, 0.29) is 46.0 Å². The predicted octanol–water partition coefficient (Wildman–Crippen LogP) is 8.27. The SMILES string of the molecule is O=C(c1ccccc1)c1ccc2ccccc2c1N(S(=O)(=O)c1cc(Cl)cc(Cl)c1)S(=O)(=O)c1cc(Cl)cc(Cl)c1. The maximum absolute atomic E-state index is 14.4. The molecular formula is C29H17Cl4NO5S2. The van der Waals surface area contributed by atoms with E-state index in [2.05, 4.69) is 0 Å². The molecule has 0 heterocycles. The molecule has 0 bridgehead atoms. The first-order valence-corrected chi connectivity index (χ1v) is 16.1. The summed E-state index contributed by atoms with van der Waals surface area (Å²) in [6.45, 7) is 0. The molecule has 5 aromatic rings. The minimum atomic E-state index is -5.02. The zero-order valence-corrected chi connectivity index (χ0v) is 25.3. The van der Waals surface area contributed by atoms with E-state index >= 15 is 0 Å². The van der Waals surface area contributed by atoms with Gasteiger partial charge in [0.25, 0.3) is 20.0 Å². The lowest BCUT2D eigenvalue weighted by Gasteiger charge is -2.27. The molecule has 0 spiro atoms. The third-order valence-corrected chi connectivity index (χ3v) is 11.0. The van der Waals surface area contributed by atoms with Crippen molar-refractivity contribution in [3.63, 3.8) is 0 Å². The van der Waals surface area contributed by atoms with Crippen LogP contribution in [-0.4, -0.2) is 22.6 Å². The summed E-state index contributed by atoms with van der Waals surface area (Å²) in [5.74, 6) is -0.602. The number of anilines is 1. The smallest absolute Gasteiger partial charge is 0.277 e. The fraction of sp³-hybridized carbons (Fsp3) is 0. The molecule has 12 heteroatoms. The lowest BCUT2D eigenvalue weighted by molar-refractivity contribution is 0.103. The van der Waals surface area contributed by atoms with Gasteiger partial charge in [-0.3, -0.25) is 4.79 Å². The molecule has 5 aromatic carbocycles. The predicted molar refractivity (Wildman–Crippen MR) is 164 cm³/mol. The number of benzene rings is 5. The molecule has 208 valence electrons.